The number of hydrazone groups is 1. The van der Waals surface area contributed by atoms with Crippen LogP contribution in [0.25, 0.3) is 0 Å². The van der Waals surface area contributed by atoms with Gasteiger partial charge < -0.3 is 9.47 Å². The van der Waals surface area contributed by atoms with Crippen LogP contribution in [0.2, 0.25) is 0 Å². The lowest BCUT2D eigenvalue weighted by molar-refractivity contribution is -0.130. The molecule has 0 bridgehead atoms. The van der Waals surface area contributed by atoms with Crippen LogP contribution in [-0.2, 0) is 4.79 Å². The minimum atomic E-state index is -0.213. The van der Waals surface area contributed by atoms with Crippen molar-refractivity contribution < 1.29 is 14.3 Å². The topological polar surface area (TPSA) is 92.7 Å². The lowest BCUT2D eigenvalue weighted by atomic mass is 10.0. The van der Waals surface area contributed by atoms with Crippen LogP contribution in [0.3, 0.4) is 0 Å². The summed E-state index contributed by atoms with van der Waals surface area (Å²) in [5.41, 5.74) is 1.84. The van der Waals surface area contributed by atoms with Crippen molar-refractivity contribution >= 4 is 34.7 Å². The standard InChI is InChI=1S/C19H19N5O3S2/c1-26-15-6-5-12(8-16(15)27-2)14-9-13(17-4-3-7-28-17)23-24(14)18(25)10-29-19-20-11-21-22-19/h3-8,11,14H,9-10H2,1-2H3,(H,20,21,22)/t14-/m1/s1. The largest absolute Gasteiger partial charge is 0.493 e. The number of carbonyl (C=O) groups is 1. The molecule has 29 heavy (non-hydrogen) atoms. The summed E-state index contributed by atoms with van der Waals surface area (Å²) in [6, 6.07) is 9.49. The van der Waals surface area contributed by atoms with E-state index in [0.717, 1.165) is 16.2 Å². The highest BCUT2D eigenvalue weighted by Crippen LogP contribution is 2.38. The summed E-state index contributed by atoms with van der Waals surface area (Å²) in [6.07, 6.45) is 2.05. The molecule has 1 N–H and O–H groups in total. The number of H-pyrrole nitrogens is 1. The first-order chi connectivity index (χ1) is 14.2. The molecular weight excluding hydrogens is 410 g/mol. The zero-order valence-electron chi connectivity index (χ0n) is 15.9. The Labute approximate surface area is 175 Å². The number of rotatable bonds is 7. The number of carbonyl (C=O) groups excluding carboxylic acids is 1. The molecule has 0 saturated carbocycles. The Morgan fingerprint density at radius 3 is 2.86 bits per heavy atom. The van der Waals surface area contributed by atoms with Crippen LogP contribution in [0.15, 0.2) is 52.3 Å². The molecule has 1 aliphatic heterocycles. The molecule has 1 amide bonds. The molecule has 3 aromatic rings. The number of nitrogens with one attached hydrogen (secondary N) is 1. The van der Waals surface area contributed by atoms with Gasteiger partial charge in [-0.3, -0.25) is 9.89 Å². The van der Waals surface area contributed by atoms with Crippen LogP contribution in [0, 0.1) is 0 Å². The van der Waals surface area contributed by atoms with Gasteiger partial charge in [-0.05, 0) is 29.1 Å². The molecule has 1 atom stereocenters. The van der Waals surface area contributed by atoms with Crippen molar-refractivity contribution in [2.45, 2.75) is 17.6 Å². The summed E-state index contributed by atoms with van der Waals surface area (Å²) in [7, 11) is 3.20. The number of nitrogens with zero attached hydrogens (tertiary/aromatic N) is 4. The fraction of sp³-hybridized carbons (Fsp3) is 0.263. The molecule has 10 heteroatoms. The molecule has 1 aliphatic rings. The van der Waals surface area contributed by atoms with E-state index in [1.165, 1.54) is 18.1 Å². The van der Waals surface area contributed by atoms with Gasteiger partial charge in [-0.1, -0.05) is 23.9 Å². The third kappa shape index (κ3) is 4.13. The zero-order valence-corrected chi connectivity index (χ0v) is 17.5. The number of ether oxygens (including phenoxy) is 2. The van der Waals surface area contributed by atoms with Gasteiger partial charge in [0.25, 0.3) is 5.91 Å². The maximum absolute atomic E-state index is 13.0. The van der Waals surface area contributed by atoms with Crippen molar-refractivity contribution in [3.05, 3.63) is 52.5 Å². The smallest absolute Gasteiger partial charge is 0.253 e. The lowest BCUT2D eigenvalue weighted by Gasteiger charge is -2.22. The highest BCUT2D eigenvalue weighted by Gasteiger charge is 2.34. The van der Waals surface area contributed by atoms with Gasteiger partial charge in [0.15, 0.2) is 16.7 Å². The first kappa shape index (κ1) is 19.5. The number of amides is 1. The van der Waals surface area contributed by atoms with Crippen LogP contribution in [0.1, 0.15) is 22.9 Å². The van der Waals surface area contributed by atoms with Gasteiger partial charge in [-0.25, -0.2) is 9.99 Å². The number of hydrogen-bond donors (Lipinski definition) is 1. The molecular formula is C19H19N5O3S2. The number of aromatic amines is 1. The molecule has 2 aromatic heterocycles. The molecule has 0 unspecified atom stereocenters. The Morgan fingerprint density at radius 1 is 1.31 bits per heavy atom. The van der Waals surface area contributed by atoms with Gasteiger partial charge in [-0.15, -0.1) is 11.3 Å². The molecule has 1 aromatic carbocycles. The predicted molar refractivity (Wildman–Crippen MR) is 112 cm³/mol. The summed E-state index contributed by atoms with van der Waals surface area (Å²) in [6.45, 7) is 0. The van der Waals surface area contributed by atoms with Crippen molar-refractivity contribution in [1.82, 2.24) is 20.2 Å². The van der Waals surface area contributed by atoms with E-state index in [4.69, 9.17) is 9.47 Å². The van der Waals surface area contributed by atoms with E-state index in [1.807, 2.05) is 35.7 Å². The van der Waals surface area contributed by atoms with Crippen molar-refractivity contribution in [3.63, 3.8) is 0 Å². The van der Waals surface area contributed by atoms with Crippen LogP contribution < -0.4 is 9.47 Å². The van der Waals surface area contributed by atoms with Crippen molar-refractivity contribution in [2.75, 3.05) is 20.0 Å². The monoisotopic (exact) mass is 429 g/mol. The van der Waals surface area contributed by atoms with Crippen LogP contribution >= 0.6 is 23.1 Å². The Kier molecular flexibility index (Phi) is 5.81. The average Bonchev–Trinajstić information content (AvgIpc) is 3.52. The van der Waals surface area contributed by atoms with Gasteiger partial charge in [0.1, 0.15) is 6.33 Å². The Bertz CT molecular complexity index is 1010. The number of aromatic nitrogens is 3. The highest BCUT2D eigenvalue weighted by atomic mass is 32.2. The maximum Gasteiger partial charge on any atom is 0.253 e. The van der Waals surface area contributed by atoms with Gasteiger partial charge >= 0.3 is 0 Å². The molecule has 0 radical (unpaired) electrons. The average molecular weight is 430 g/mol. The summed E-state index contributed by atoms with van der Waals surface area (Å²) in [4.78, 5) is 18.1. The molecule has 150 valence electrons. The maximum atomic E-state index is 13.0. The zero-order chi connectivity index (χ0) is 20.2. The predicted octanol–water partition coefficient (Wildman–Crippen LogP) is 3.35. The van der Waals surface area contributed by atoms with Crippen LogP contribution in [0.5, 0.6) is 11.5 Å². The summed E-state index contributed by atoms with van der Waals surface area (Å²) >= 11 is 2.91. The Balaban J connectivity index is 1.61. The van der Waals surface area contributed by atoms with Crippen LogP contribution in [0.4, 0.5) is 0 Å². The van der Waals surface area contributed by atoms with Gasteiger partial charge in [0, 0.05) is 6.42 Å². The summed E-state index contributed by atoms with van der Waals surface area (Å²) < 4.78 is 10.8. The van der Waals surface area contributed by atoms with Crippen molar-refractivity contribution in [3.8, 4) is 11.5 Å². The molecule has 0 spiro atoms. The number of thiophene rings is 1. The highest BCUT2D eigenvalue weighted by molar-refractivity contribution is 7.99. The molecule has 3 heterocycles. The minimum absolute atomic E-state index is 0.0993. The number of thioether (sulfide) groups is 1. The lowest BCUT2D eigenvalue weighted by Crippen LogP contribution is -2.28. The molecule has 8 nitrogen and oxygen atoms in total. The molecule has 0 aliphatic carbocycles. The van der Waals surface area contributed by atoms with E-state index in [1.54, 1.807) is 30.6 Å². The van der Waals surface area contributed by atoms with Gasteiger partial charge in [0.05, 0.1) is 36.6 Å². The van der Waals surface area contributed by atoms with Gasteiger partial charge in [0.2, 0.25) is 0 Å². The second-order valence-corrected chi connectivity index (χ2v) is 8.09. The summed E-state index contributed by atoms with van der Waals surface area (Å²) in [5.74, 6) is 1.38. The Morgan fingerprint density at radius 2 is 2.17 bits per heavy atom. The normalized spacial score (nSPS) is 16.0. The quantitative estimate of drug-likeness (QED) is 0.579. The number of methoxy groups -OCH3 is 2. The van der Waals surface area contributed by atoms with Crippen LogP contribution in [-0.4, -0.2) is 51.8 Å². The first-order valence-electron chi connectivity index (χ1n) is 8.83. The molecule has 0 saturated heterocycles. The Hall–Kier alpha value is -2.85. The molecule has 4 rings (SSSR count). The van der Waals surface area contributed by atoms with Crippen molar-refractivity contribution in [1.29, 1.82) is 0 Å². The fourth-order valence-electron chi connectivity index (χ4n) is 3.11. The third-order valence-electron chi connectivity index (χ3n) is 4.49. The van der Waals surface area contributed by atoms with E-state index < -0.39 is 0 Å². The van der Waals surface area contributed by atoms with Crippen molar-refractivity contribution in [2.24, 2.45) is 5.10 Å². The van der Waals surface area contributed by atoms with Gasteiger partial charge in [-0.2, -0.15) is 10.2 Å². The first-order valence-corrected chi connectivity index (χ1v) is 10.7. The molecule has 0 fully saturated rings. The second-order valence-electron chi connectivity index (χ2n) is 6.18. The van der Waals surface area contributed by atoms with E-state index in [9.17, 15) is 4.79 Å². The fourth-order valence-corrected chi connectivity index (χ4v) is 4.46. The minimum Gasteiger partial charge on any atom is -0.493 e. The van der Waals surface area contributed by atoms with E-state index in [-0.39, 0.29) is 17.7 Å². The van der Waals surface area contributed by atoms with E-state index in [0.29, 0.717) is 23.1 Å². The second kappa shape index (κ2) is 8.66. The number of hydrogen-bond acceptors (Lipinski definition) is 8. The van der Waals surface area contributed by atoms with E-state index in [2.05, 4.69) is 20.3 Å². The summed E-state index contributed by atoms with van der Waals surface area (Å²) in [5, 5.41) is 15.4. The number of benzene rings is 1. The van der Waals surface area contributed by atoms with E-state index >= 15 is 0 Å². The SMILES string of the molecule is COc1ccc([C@H]2CC(c3cccs3)=NN2C(=O)CSc2ncn[nH]2)cc1OC. The third-order valence-corrected chi connectivity index (χ3v) is 6.27.